The molecule has 0 aromatic rings. The second-order valence-electron chi connectivity index (χ2n) is 4.08. The fourth-order valence-corrected chi connectivity index (χ4v) is 2.03. The Balaban J connectivity index is 2.26. The summed E-state index contributed by atoms with van der Waals surface area (Å²) >= 11 is 0. The third-order valence-corrected chi connectivity index (χ3v) is 3.22. The SMILES string of the molecule is CC1C(=O)OC2C=CC(O)=CC2C1C. The molecule has 3 heteroatoms. The van der Waals surface area contributed by atoms with Gasteiger partial charge in [0.2, 0.25) is 0 Å². The van der Waals surface area contributed by atoms with E-state index >= 15 is 0 Å². The molecule has 1 aliphatic carbocycles. The zero-order valence-corrected chi connectivity index (χ0v) is 8.31. The van der Waals surface area contributed by atoms with Gasteiger partial charge in [0.05, 0.1) is 5.92 Å². The Labute approximate surface area is 83.1 Å². The summed E-state index contributed by atoms with van der Waals surface area (Å²) in [6, 6.07) is 0. The summed E-state index contributed by atoms with van der Waals surface area (Å²) in [6.45, 7) is 3.89. The van der Waals surface area contributed by atoms with Gasteiger partial charge in [-0.05, 0) is 24.1 Å². The van der Waals surface area contributed by atoms with Crippen molar-refractivity contribution in [2.24, 2.45) is 17.8 Å². The third-order valence-electron chi connectivity index (χ3n) is 3.22. The third kappa shape index (κ3) is 1.33. The number of rotatable bonds is 0. The molecule has 2 rings (SSSR count). The van der Waals surface area contributed by atoms with Crippen LogP contribution in [0.25, 0.3) is 0 Å². The Morgan fingerprint density at radius 1 is 1.43 bits per heavy atom. The van der Waals surface area contributed by atoms with E-state index in [1.165, 1.54) is 0 Å². The number of carbonyl (C=O) groups is 1. The van der Waals surface area contributed by atoms with Crippen LogP contribution in [0.5, 0.6) is 0 Å². The highest BCUT2D eigenvalue weighted by Crippen LogP contribution is 2.35. The molecule has 1 heterocycles. The summed E-state index contributed by atoms with van der Waals surface area (Å²) in [7, 11) is 0. The van der Waals surface area contributed by atoms with Crippen molar-refractivity contribution in [3.8, 4) is 0 Å². The molecular weight excluding hydrogens is 180 g/mol. The number of hydrogen-bond donors (Lipinski definition) is 1. The topological polar surface area (TPSA) is 46.5 Å². The van der Waals surface area contributed by atoms with Crippen LogP contribution in [0.2, 0.25) is 0 Å². The first-order valence-electron chi connectivity index (χ1n) is 4.89. The van der Waals surface area contributed by atoms with Crippen molar-refractivity contribution in [2.75, 3.05) is 0 Å². The maximum Gasteiger partial charge on any atom is 0.309 e. The van der Waals surface area contributed by atoms with E-state index in [0.717, 1.165) is 0 Å². The molecule has 2 aliphatic rings. The highest BCUT2D eigenvalue weighted by Gasteiger charge is 2.40. The molecule has 4 unspecified atom stereocenters. The van der Waals surface area contributed by atoms with Crippen LogP contribution in [0.3, 0.4) is 0 Å². The van der Waals surface area contributed by atoms with E-state index < -0.39 is 0 Å². The summed E-state index contributed by atoms with van der Waals surface area (Å²) in [5.74, 6) is 0.370. The molecule has 76 valence electrons. The lowest BCUT2D eigenvalue weighted by Crippen LogP contribution is -2.42. The average molecular weight is 194 g/mol. The fourth-order valence-electron chi connectivity index (χ4n) is 2.03. The van der Waals surface area contributed by atoms with Crippen LogP contribution >= 0.6 is 0 Å². The Morgan fingerprint density at radius 3 is 2.86 bits per heavy atom. The summed E-state index contributed by atoms with van der Waals surface area (Å²) < 4.78 is 5.24. The smallest absolute Gasteiger partial charge is 0.309 e. The molecule has 0 spiro atoms. The molecule has 0 aromatic heterocycles. The predicted octanol–water partition coefficient (Wildman–Crippen LogP) is 1.81. The van der Waals surface area contributed by atoms with Gasteiger partial charge in [-0.25, -0.2) is 0 Å². The lowest BCUT2D eigenvalue weighted by molar-refractivity contribution is -0.164. The molecule has 1 fully saturated rings. The Bertz CT molecular complexity index is 316. The van der Waals surface area contributed by atoms with Gasteiger partial charge in [-0.3, -0.25) is 4.79 Å². The van der Waals surface area contributed by atoms with Crippen LogP contribution < -0.4 is 0 Å². The maximum atomic E-state index is 11.4. The average Bonchev–Trinajstić information content (AvgIpc) is 2.16. The molecule has 0 bridgehead atoms. The Hall–Kier alpha value is -1.25. The minimum absolute atomic E-state index is 0.0909. The van der Waals surface area contributed by atoms with Gasteiger partial charge in [0, 0.05) is 5.92 Å². The molecular formula is C11H14O3. The van der Waals surface area contributed by atoms with Crippen LogP contribution in [0, 0.1) is 17.8 Å². The van der Waals surface area contributed by atoms with Gasteiger partial charge < -0.3 is 9.84 Å². The number of carbonyl (C=O) groups excluding carboxylic acids is 1. The van der Waals surface area contributed by atoms with Crippen LogP contribution in [-0.2, 0) is 9.53 Å². The first kappa shape index (κ1) is 9.31. The summed E-state index contributed by atoms with van der Waals surface area (Å²) in [4.78, 5) is 11.4. The molecule has 3 nitrogen and oxygen atoms in total. The molecule has 0 radical (unpaired) electrons. The van der Waals surface area contributed by atoms with Gasteiger partial charge in [0.15, 0.2) is 0 Å². The minimum Gasteiger partial charge on any atom is -0.508 e. The fraction of sp³-hybridized carbons (Fsp3) is 0.545. The van der Waals surface area contributed by atoms with Crippen molar-refractivity contribution in [3.63, 3.8) is 0 Å². The van der Waals surface area contributed by atoms with E-state index in [-0.39, 0.29) is 35.6 Å². The molecule has 0 saturated carbocycles. The number of aliphatic hydroxyl groups is 1. The zero-order valence-electron chi connectivity index (χ0n) is 8.31. The lowest BCUT2D eigenvalue weighted by atomic mass is 9.76. The predicted molar refractivity (Wildman–Crippen MR) is 51.5 cm³/mol. The number of ether oxygens (including phenoxy) is 1. The number of allylic oxidation sites excluding steroid dienone is 1. The van der Waals surface area contributed by atoms with Crippen LogP contribution in [-0.4, -0.2) is 17.2 Å². The first-order valence-corrected chi connectivity index (χ1v) is 4.89. The van der Waals surface area contributed by atoms with Gasteiger partial charge in [0.1, 0.15) is 11.9 Å². The minimum atomic E-state index is -0.190. The van der Waals surface area contributed by atoms with Crippen molar-refractivity contribution in [2.45, 2.75) is 20.0 Å². The van der Waals surface area contributed by atoms with Crippen molar-refractivity contribution >= 4 is 5.97 Å². The maximum absolute atomic E-state index is 11.4. The molecule has 1 aliphatic heterocycles. The molecule has 0 aromatic carbocycles. The van der Waals surface area contributed by atoms with Crippen LogP contribution in [0.15, 0.2) is 24.0 Å². The Morgan fingerprint density at radius 2 is 2.14 bits per heavy atom. The molecule has 4 atom stereocenters. The van der Waals surface area contributed by atoms with E-state index in [1.807, 2.05) is 13.8 Å². The van der Waals surface area contributed by atoms with E-state index in [0.29, 0.717) is 0 Å². The standard InChI is InChI=1S/C11H14O3/c1-6-7(2)11(13)14-10-4-3-8(12)5-9(6)10/h3-7,9-10,12H,1-2H3. The summed E-state index contributed by atoms with van der Waals surface area (Å²) in [5.41, 5.74) is 0. The van der Waals surface area contributed by atoms with Crippen molar-refractivity contribution in [1.29, 1.82) is 0 Å². The summed E-state index contributed by atoms with van der Waals surface area (Å²) in [5, 5.41) is 9.35. The molecule has 1 N–H and O–H groups in total. The van der Waals surface area contributed by atoms with Crippen molar-refractivity contribution in [3.05, 3.63) is 24.0 Å². The Kier molecular flexibility index (Phi) is 2.10. The number of esters is 1. The second-order valence-corrected chi connectivity index (χ2v) is 4.08. The highest BCUT2D eigenvalue weighted by molar-refractivity contribution is 5.74. The van der Waals surface area contributed by atoms with Gasteiger partial charge >= 0.3 is 5.97 Å². The lowest BCUT2D eigenvalue weighted by Gasteiger charge is -2.37. The molecule has 14 heavy (non-hydrogen) atoms. The van der Waals surface area contributed by atoms with Crippen molar-refractivity contribution in [1.82, 2.24) is 0 Å². The second kappa shape index (κ2) is 3.15. The molecule has 0 amide bonds. The largest absolute Gasteiger partial charge is 0.508 e. The van der Waals surface area contributed by atoms with Gasteiger partial charge in [-0.2, -0.15) is 0 Å². The summed E-state index contributed by atoms with van der Waals surface area (Å²) in [6.07, 6.45) is 4.92. The van der Waals surface area contributed by atoms with E-state index in [1.54, 1.807) is 18.2 Å². The highest BCUT2D eigenvalue weighted by atomic mass is 16.5. The monoisotopic (exact) mass is 194 g/mol. The van der Waals surface area contributed by atoms with Gasteiger partial charge in [0.25, 0.3) is 0 Å². The normalized spacial score (nSPS) is 41.3. The van der Waals surface area contributed by atoms with E-state index in [4.69, 9.17) is 4.74 Å². The van der Waals surface area contributed by atoms with Crippen molar-refractivity contribution < 1.29 is 14.6 Å². The van der Waals surface area contributed by atoms with Gasteiger partial charge in [-0.1, -0.05) is 13.8 Å². The number of aliphatic hydroxyl groups excluding tert-OH is 1. The quantitative estimate of drug-likeness (QED) is 0.598. The number of fused-ring (bicyclic) bond motifs is 1. The van der Waals surface area contributed by atoms with Crippen LogP contribution in [0.4, 0.5) is 0 Å². The number of hydrogen-bond acceptors (Lipinski definition) is 3. The van der Waals surface area contributed by atoms with E-state index in [9.17, 15) is 9.90 Å². The molecule has 1 saturated heterocycles. The first-order chi connectivity index (χ1) is 6.59. The zero-order chi connectivity index (χ0) is 10.3. The van der Waals surface area contributed by atoms with Gasteiger partial charge in [-0.15, -0.1) is 0 Å². The van der Waals surface area contributed by atoms with E-state index in [2.05, 4.69) is 0 Å². The van der Waals surface area contributed by atoms with Crippen LogP contribution in [0.1, 0.15) is 13.8 Å².